The summed E-state index contributed by atoms with van der Waals surface area (Å²) >= 11 is 0. The van der Waals surface area contributed by atoms with Gasteiger partial charge in [-0.2, -0.15) is 0 Å². The Kier molecular flexibility index (Phi) is 11.5. The van der Waals surface area contributed by atoms with E-state index in [0.717, 1.165) is 48.8 Å². The van der Waals surface area contributed by atoms with Crippen LogP contribution in [0.25, 0.3) is 0 Å². The summed E-state index contributed by atoms with van der Waals surface area (Å²) in [6.45, 7) is 3.97. The smallest absolute Gasteiger partial charge is 0.250 e. The van der Waals surface area contributed by atoms with Crippen molar-refractivity contribution in [3.63, 3.8) is 0 Å². The molecule has 0 spiro atoms. The molecule has 0 saturated heterocycles. The summed E-state index contributed by atoms with van der Waals surface area (Å²) in [4.78, 5) is 56.5. The molecule has 0 unspecified atom stereocenters. The highest BCUT2D eigenvalue weighted by Gasteiger charge is 2.36. The van der Waals surface area contributed by atoms with E-state index < -0.39 is 18.1 Å². The minimum Gasteiger partial charge on any atom is -0.345 e. The van der Waals surface area contributed by atoms with E-state index in [2.05, 4.69) is 16.0 Å². The minimum absolute atomic E-state index is 0.0146. The fraction of sp³-hybridized carbons (Fsp3) is 0.471. The maximum atomic E-state index is 13.7. The second-order valence-corrected chi connectivity index (χ2v) is 11.7. The van der Waals surface area contributed by atoms with Gasteiger partial charge in [-0.15, -0.1) is 0 Å². The number of nitrogens with one attached hydrogen (secondary N) is 3. The van der Waals surface area contributed by atoms with Crippen LogP contribution in [0.15, 0.2) is 67.0 Å². The Balaban J connectivity index is 1.47. The summed E-state index contributed by atoms with van der Waals surface area (Å²) in [7, 11) is 1.70. The zero-order chi connectivity index (χ0) is 30.8. The van der Waals surface area contributed by atoms with E-state index in [0.29, 0.717) is 19.4 Å². The van der Waals surface area contributed by atoms with Crippen molar-refractivity contribution in [3.05, 3.63) is 83.7 Å². The Morgan fingerprint density at radius 3 is 2.28 bits per heavy atom. The number of carbonyl (C=O) groups is 4. The van der Waals surface area contributed by atoms with E-state index in [1.807, 2.05) is 61.5 Å². The highest BCUT2D eigenvalue weighted by molar-refractivity contribution is 5.94. The fourth-order valence-corrected chi connectivity index (χ4v) is 5.75. The van der Waals surface area contributed by atoms with E-state index in [-0.39, 0.29) is 36.1 Å². The van der Waals surface area contributed by atoms with Gasteiger partial charge in [-0.05, 0) is 57.2 Å². The molecule has 2 aliphatic rings. The molecule has 1 saturated carbocycles. The molecular formula is C34H45N5O4. The normalized spacial score (nSPS) is 18.7. The number of carbonyl (C=O) groups excluding carboxylic acids is 4. The van der Waals surface area contributed by atoms with Gasteiger partial charge in [0.05, 0.1) is 12.6 Å². The molecule has 1 aliphatic carbocycles. The number of amides is 4. The molecule has 0 aromatic heterocycles. The van der Waals surface area contributed by atoms with Crippen molar-refractivity contribution in [2.75, 3.05) is 20.1 Å². The van der Waals surface area contributed by atoms with E-state index in [1.54, 1.807) is 31.3 Å². The maximum absolute atomic E-state index is 13.7. The lowest BCUT2D eigenvalue weighted by molar-refractivity contribution is -0.143. The van der Waals surface area contributed by atoms with Crippen LogP contribution in [0.1, 0.15) is 55.7 Å². The van der Waals surface area contributed by atoms with Gasteiger partial charge >= 0.3 is 0 Å². The van der Waals surface area contributed by atoms with Gasteiger partial charge in [0.2, 0.25) is 23.6 Å². The van der Waals surface area contributed by atoms with Crippen LogP contribution in [-0.2, 0) is 32.0 Å². The zero-order valence-electron chi connectivity index (χ0n) is 25.6. The predicted molar refractivity (Wildman–Crippen MR) is 167 cm³/mol. The van der Waals surface area contributed by atoms with Gasteiger partial charge in [0.25, 0.3) is 0 Å². The van der Waals surface area contributed by atoms with Crippen molar-refractivity contribution in [1.29, 1.82) is 0 Å². The number of hydrogen-bond acceptors (Lipinski definition) is 5. The first kappa shape index (κ1) is 31.9. The quantitative estimate of drug-likeness (QED) is 0.354. The molecule has 3 atom stereocenters. The molecule has 1 fully saturated rings. The van der Waals surface area contributed by atoms with Crippen molar-refractivity contribution >= 4 is 23.6 Å². The average Bonchev–Trinajstić information content (AvgIpc) is 3.04. The van der Waals surface area contributed by atoms with E-state index in [4.69, 9.17) is 0 Å². The lowest BCUT2D eigenvalue weighted by Gasteiger charge is -2.36. The summed E-state index contributed by atoms with van der Waals surface area (Å²) in [5.41, 5.74) is 3.19. The second kappa shape index (κ2) is 15.5. The number of benzene rings is 2. The first-order valence-electron chi connectivity index (χ1n) is 15.4. The van der Waals surface area contributed by atoms with Crippen LogP contribution in [0.2, 0.25) is 0 Å². The predicted octanol–water partition coefficient (Wildman–Crippen LogP) is 3.08. The van der Waals surface area contributed by atoms with Crippen molar-refractivity contribution in [2.24, 2.45) is 5.92 Å². The lowest BCUT2D eigenvalue weighted by atomic mass is 9.83. The number of rotatable bonds is 12. The highest BCUT2D eigenvalue weighted by Crippen LogP contribution is 2.27. The van der Waals surface area contributed by atoms with Crippen molar-refractivity contribution < 1.29 is 19.2 Å². The third-order valence-electron chi connectivity index (χ3n) is 8.57. The Bertz CT molecular complexity index is 1270. The van der Waals surface area contributed by atoms with Crippen LogP contribution in [0.4, 0.5) is 0 Å². The molecule has 4 rings (SSSR count). The lowest BCUT2D eigenvalue weighted by Crippen LogP contribution is -2.57. The summed E-state index contributed by atoms with van der Waals surface area (Å²) in [6, 6.07) is 16.0. The molecular weight excluding hydrogens is 542 g/mol. The summed E-state index contributed by atoms with van der Waals surface area (Å²) in [5, 5.41) is 8.60. The standard InChI is InChI=1S/C34H45N5O4/c1-24-14-16-27(17-15-24)22-29-34(43)38(19-18-26-10-6-4-7-11-26)20-21-39(29)30(40)23-36-33(42)31(28-12-8-5-9-13-28)37-32(41)25(2)35-3/h4,6-7,10-11,14-17,20-21,25,28-29,31,35H,5,8-9,12-13,18-19,22-23H2,1-3H3,(H,36,42)(H,37,41)/t25-,29-,31-/m0/s1. The van der Waals surface area contributed by atoms with Crippen molar-refractivity contribution in [1.82, 2.24) is 25.8 Å². The highest BCUT2D eigenvalue weighted by atomic mass is 16.2. The van der Waals surface area contributed by atoms with Gasteiger partial charge in [-0.1, -0.05) is 79.4 Å². The van der Waals surface area contributed by atoms with E-state index >= 15 is 0 Å². The summed E-state index contributed by atoms with van der Waals surface area (Å²) in [5.74, 6) is -1.15. The molecule has 9 heteroatoms. The number of aryl methyl sites for hydroxylation is 1. The number of nitrogens with zero attached hydrogens (tertiary/aromatic N) is 2. The third-order valence-corrected chi connectivity index (χ3v) is 8.57. The Morgan fingerprint density at radius 1 is 0.907 bits per heavy atom. The maximum Gasteiger partial charge on any atom is 0.250 e. The number of likely N-dealkylation sites (N-methyl/N-ethyl adjacent to an activating group) is 1. The number of hydrogen-bond donors (Lipinski definition) is 3. The van der Waals surface area contributed by atoms with Crippen LogP contribution in [0.5, 0.6) is 0 Å². The largest absolute Gasteiger partial charge is 0.345 e. The Hall–Kier alpha value is -3.98. The molecule has 3 N–H and O–H groups in total. The molecule has 2 aromatic rings. The van der Waals surface area contributed by atoms with Gasteiger partial charge in [-0.3, -0.25) is 19.2 Å². The van der Waals surface area contributed by atoms with Gasteiger partial charge < -0.3 is 25.8 Å². The van der Waals surface area contributed by atoms with Gasteiger partial charge in [0, 0.05) is 25.4 Å². The first-order chi connectivity index (χ1) is 20.8. The minimum atomic E-state index is -0.738. The zero-order valence-corrected chi connectivity index (χ0v) is 25.6. The molecule has 230 valence electrons. The van der Waals surface area contributed by atoms with Gasteiger partial charge in [-0.25, -0.2) is 0 Å². The molecule has 0 bridgehead atoms. The second-order valence-electron chi connectivity index (χ2n) is 11.7. The van der Waals surface area contributed by atoms with E-state index in [9.17, 15) is 19.2 Å². The van der Waals surface area contributed by atoms with Crippen molar-refractivity contribution in [2.45, 2.75) is 76.9 Å². The van der Waals surface area contributed by atoms with Crippen LogP contribution in [-0.4, -0.2) is 71.7 Å². The SMILES string of the molecule is CN[C@@H](C)C(=O)N[C@H](C(=O)NCC(=O)N1C=CN(CCc2ccccc2)C(=O)[C@@H]1Cc1ccc(C)cc1)C1CCCCC1. The summed E-state index contributed by atoms with van der Waals surface area (Å²) < 4.78 is 0. The Morgan fingerprint density at radius 2 is 1.60 bits per heavy atom. The molecule has 0 radical (unpaired) electrons. The Labute approximate surface area is 255 Å². The molecule has 4 amide bonds. The monoisotopic (exact) mass is 587 g/mol. The van der Waals surface area contributed by atoms with Gasteiger partial charge in [0.15, 0.2) is 0 Å². The topological polar surface area (TPSA) is 111 Å². The molecule has 1 heterocycles. The van der Waals surface area contributed by atoms with Crippen LogP contribution in [0, 0.1) is 12.8 Å². The molecule has 1 aliphatic heterocycles. The first-order valence-corrected chi connectivity index (χ1v) is 15.4. The van der Waals surface area contributed by atoms with Crippen LogP contribution < -0.4 is 16.0 Å². The van der Waals surface area contributed by atoms with E-state index in [1.165, 1.54) is 4.90 Å². The van der Waals surface area contributed by atoms with Crippen LogP contribution in [0.3, 0.4) is 0 Å². The molecule has 43 heavy (non-hydrogen) atoms. The van der Waals surface area contributed by atoms with Gasteiger partial charge in [0.1, 0.15) is 12.1 Å². The third kappa shape index (κ3) is 8.76. The summed E-state index contributed by atoms with van der Waals surface area (Å²) in [6.07, 6.45) is 9.17. The average molecular weight is 588 g/mol. The molecule has 2 aromatic carbocycles. The van der Waals surface area contributed by atoms with Crippen LogP contribution >= 0.6 is 0 Å². The fourth-order valence-electron chi connectivity index (χ4n) is 5.75. The van der Waals surface area contributed by atoms with Crippen molar-refractivity contribution in [3.8, 4) is 0 Å². The molecule has 9 nitrogen and oxygen atoms in total.